The second kappa shape index (κ2) is 6.80. The van der Waals surface area contributed by atoms with Gasteiger partial charge in [-0.3, -0.25) is 0 Å². The summed E-state index contributed by atoms with van der Waals surface area (Å²) in [5.74, 6) is -0.829. The molecule has 2 rings (SSSR count). The summed E-state index contributed by atoms with van der Waals surface area (Å²) in [6.07, 6.45) is 1.48. The Bertz CT molecular complexity index is 613. The van der Waals surface area contributed by atoms with Gasteiger partial charge in [0.05, 0.1) is 19.3 Å². The Balaban J connectivity index is 2.05. The van der Waals surface area contributed by atoms with Gasteiger partial charge in [-0.25, -0.2) is 13.2 Å². The van der Waals surface area contributed by atoms with E-state index in [9.17, 15) is 13.2 Å². The molecule has 1 saturated heterocycles. The Morgan fingerprint density at radius 3 is 2.50 bits per heavy atom. The molecule has 0 spiro atoms. The van der Waals surface area contributed by atoms with Crippen LogP contribution in [0.5, 0.6) is 0 Å². The molecule has 8 heteroatoms. The summed E-state index contributed by atoms with van der Waals surface area (Å²) in [6.45, 7) is 4.66. The molecular formula is C14H21NO6S. The first kappa shape index (κ1) is 17.0. The highest BCUT2D eigenvalue weighted by molar-refractivity contribution is 7.89. The Kier molecular flexibility index (Phi) is 5.25. The number of carbonyl (C=O) groups excluding carboxylic acids is 1. The zero-order chi connectivity index (χ0) is 16.3. The molecule has 124 valence electrons. The molecule has 0 N–H and O–H groups in total. The maximum atomic E-state index is 12.5. The predicted molar refractivity (Wildman–Crippen MR) is 78.0 cm³/mol. The molecule has 0 amide bonds. The van der Waals surface area contributed by atoms with E-state index in [0.717, 1.165) is 0 Å². The number of sulfonamides is 1. The van der Waals surface area contributed by atoms with Crippen molar-refractivity contribution in [3.63, 3.8) is 0 Å². The third-order valence-corrected chi connectivity index (χ3v) is 5.20. The van der Waals surface area contributed by atoms with Crippen LogP contribution in [0.25, 0.3) is 0 Å². The lowest BCUT2D eigenvalue weighted by molar-refractivity contribution is -0.0169. The van der Waals surface area contributed by atoms with Crippen molar-refractivity contribution >= 4 is 16.0 Å². The van der Waals surface area contributed by atoms with Crippen LogP contribution in [0.15, 0.2) is 21.6 Å². The van der Waals surface area contributed by atoms with Gasteiger partial charge >= 0.3 is 5.97 Å². The number of nitrogens with zero attached hydrogens (tertiary/aromatic N) is 1. The average Bonchev–Trinajstić information content (AvgIpc) is 2.97. The number of ether oxygens (including phenoxy) is 2. The normalized spacial score (nSPS) is 17.8. The van der Waals surface area contributed by atoms with Gasteiger partial charge in [0, 0.05) is 13.1 Å². The molecule has 1 fully saturated rings. The number of piperidine rings is 1. The van der Waals surface area contributed by atoms with Crippen molar-refractivity contribution in [3.8, 4) is 0 Å². The van der Waals surface area contributed by atoms with Gasteiger partial charge in [0.15, 0.2) is 0 Å². The van der Waals surface area contributed by atoms with Crippen LogP contribution in [0.1, 0.15) is 37.2 Å². The summed E-state index contributed by atoms with van der Waals surface area (Å²) in [7, 11) is -2.52. The highest BCUT2D eigenvalue weighted by atomic mass is 32.2. The lowest BCUT2D eigenvalue weighted by Gasteiger charge is -2.31. The van der Waals surface area contributed by atoms with E-state index in [1.807, 2.05) is 13.8 Å². The number of hydrogen-bond donors (Lipinski definition) is 0. The third-order valence-electron chi connectivity index (χ3n) is 3.43. The van der Waals surface area contributed by atoms with E-state index in [1.54, 1.807) is 0 Å². The summed E-state index contributed by atoms with van der Waals surface area (Å²) in [6, 6.07) is 2.58. The second-order valence-corrected chi connectivity index (χ2v) is 7.27. The van der Waals surface area contributed by atoms with Crippen molar-refractivity contribution in [2.24, 2.45) is 0 Å². The van der Waals surface area contributed by atoms with Gasteiger partial charge in [-0.05, 0) is 38.8 Å². The molecule has 0 aromatic carbocycles. The van der Waals surface area contributed by atoms with Crippen LogP contribution in [0.4, 0.5) is 0 Å². The van der Waals surface area contributed by atoms with Crippen LogP contribution in [0.3, 0.4) is 0 Å². The van der Waals surface area contributed by atoms with Gasteiger partial charge < -0.3 is 13.9 Å². The van der Waals surface area contributed by atoms with Gasteiger partial charge in [0.1, 0.15) is 0 Å². The number of hydrogen-bond acceptors (Lipinski definition) is 6. The van der Waals surface area contributed by atoms with E-state index in [1.165, 1.54) is 23.5 Å². The molecule has 1 aliphatic rings. The Labute approximate surface area is 130 Å². The van der Waals surface area contributed by atoms with Gasteiger partial charge in [-0.15, -0.1) is 0 Å². The molecule has 2 heterocycles. The standard InChI is InChI=1S/C14H21NO6S/c1-10(2)20-11-6-8-15(9-7-11)22(17,18)13-5-4-12(21-13)14(16)19-3/h4-5,10-11H,6-9H2,1-3H3. The lowest BCUT2D eigenvalue weighted by atomic mass is 10.1. The van der Waals surface area contributed by atoms with Gasteiger partial charge in [-0.1, -0.05) is 0 Å². The van der Waals surface area contributed by atoms with E-state index in [2.05, 4.69) is 4.74 Å². The number of esters is 1. The smallest absolute Gasteiger partial charge is 0.374 e. The van der Waals surface area contributed by atoms with Crippen LogP contribution < -0.4 is 0 Å². The van der Waals surface area contributed by atoms with Crippen molar-refractivity contribution in [1.82, 2.24) is 4.31 Å². The first-order chi connectivity index (χ1) is 10.3. The predicted octanol–water partition coefficient (Wildman–Crippen LogP) is 1.64. The molecule has 0 radical (unpaired) electrons. The molecule has 1 aromatic rings. The topological polar surface area (TPSA) is 86.1 Å². The minimum atomic E-state index is -3.73. The first-order valence-corrected chi connectivity index (χ1v) is 8.62. The molecule has 22 heavy (non-hydrogen) atoms. The summed E-state index contributed by atoms with van der Waals surface area (Å²) in [5, 5.41) is -0.240. The summed E-state index contributed by atoms with van der Waals surface area (Å²) in [4.78, 5) is 11.3. The van der Waals surface area contributed by atoms with Gasteiger partial charge in [-0.2, -0.15) is 4.31 Å². The zero-order valence-electron chi connectivity index (χ0n) is 12.9. The van der Waals surface area contributed by atoms with Crippen molar-refractivity contribution in [2.45, 2.75) is 44.0 Å². The largest absolute Gasteiger partial charge is 0.463 e. The molecular weight excluding hydrogens is 310 g/mol. The highest BCUT2D eigenvalue weighted by Gasteiger charge is 2.32. The summed E-state index contributed by atoms with van der Waals surface area (Å²) >= 11 is 0. The van der Waals surface area contributed by atoms with Crippen LogP contribution in [-0.2, 0) is 19.5 Å². The number of furan rings is 1. The molecule has 0 atom stereocenters. The molecule has 0 aliphatic carbocycles. The number of rotatable bonds is 5. The van der Waals surface area contributed by atoms with E-state index in [0.29, 0.717) is 25.9 Å². The van der Waals surface area contributed by atoms with Crippen molar-refractivity contribution in [1.29, 1.82) is 0 Å². The number of methoxy groups -OCH3 is 1. The number of carbonyl (C=O) groups is 1. The SMILES string of the molecule is COC(=O)c1ccc(S(=O)(=O)N2CCC(OC(C)C)CC2)o1. The molecule has 7 nitrogen and oxygen atoms in total. The monoisotopic (exact) mass is 331 g/mol. The summed E-state index contributed by atoms with van der Waals surface area (Å²) < 4.78 is 41.6. The molecule has 1 aromatic heterocycles. The van der Waals surface area contributed by atoms with Crippen molar-refractivity contribution in [2.75, 3.05) is 20.2 Å². The van der Waals surface area contributed by atoms with Crippen LogP contribution in [0, 0.1) is 0 Å². The maximum absolute atomic E-state index is 12.5. The average molecular weight is 331 g/mol. The molecule has 0 saturated carbocycles. The van der Waals surface area contributed by atoms with E-state index < -0.39 is 16.0 Å². The Hall–Kier alpha value is -1.38. The van der Waals surface area contributed by atoms with Crippen LogP contribution >= 0.6 is 0 Å². The fourth-order valence-electron chi connectivity index (χ4n) is 2.39. The van der Waals surface area contributed by atoms with E-state index in [-0.39, 0.29) is 23.1 Å². The highest BCUT2D eigenvalue weighted by Crippen LogP contribution is 2.24. The minimum Gasteiger partial charge on any atom is -0.463 e. The molecule has 1 aliphatic heterocycles. The maximum Gasteiger partial charge on any atom is 0.374 e. The van der Waals surface area contributed by atoms with Crippen LogP contribution in [0.2, 0.25) is 0 Å². The Morgan fingerprint density at radius 2 is 1.95 bits per heavy atom. The second-order valence-electron chi connectivity index (χ2n) is 5.40. The quantitative estimate of drug-likeness (QED) is 0.763. The lowest BCUT2D eigenvalue weighted by Crippen LogP contribution is -2.41. The fraction of sp³-hybridized carbons (Fsp3) is 0.643. The minimum absolute atomic E-state index is 0.0775. The Morgan fingerprint density at radius 1 is 1.32 bits per heavy atom. The fourth-order valence-corrected chi connectivity index (χ4v) is 3.77. The van der Waals surface area contributed by atoms with E-state index >= 15 is 0 Å². The third kappa shape index (κ3) is 3.68. The van der Waals surface area contributed by atoms with Gasteiger partial charge in [0.25, 0.3) is 10.0 Å². The first-order valence-electron chi connectivity index (χ1n) is 7.18. The van der Waals surface area contributed by atoms with Crippen LogP contribution in [-0.4, -0.2) is 51.1 Å². The molecule has 0 unspecified atom stereocenters. The van der Waals surface area contributed by atoms with Crippen molar-refractivity contribution < 1.29 is 27.1 Å². The van der Waals surface area contributed by atoms with Crippen molar-refractivity contribution in [3.05, 3.63) is 17.9 Å². The molecule has 0 bridgehead atoms. The zero-order valence-corrected chi connectivity index (χ0v) is 13.8. The van der Waals surface area contributed by atoms with Gasteiger partial charge in [0.2, 0.25) is 10.9 Å². The van der Waals surface area contributed by atoms with E-state index in [4.69, 9.17) is 9.15 Å². The summed E-state index contributed by atoms with van der Waals surface area (Å²) in [5.41, 5.74) is 0.